The summed E-state index contributed by atoms with van der Waals surface area (Å²) in [5.41, 5.74) is -0.556. The van der Waals surface area contributed by atoms with Gasteiger partial charge in [0.2, 0.25) is 5.91 Å². The van der Waals surface area contributed by atoms with Crippen molar-refractivity contribution in [3.63, 3.8) is 0 Å². The zero-order valence-corrected chi connectivity index (χ0v) is 15.7. The number of imidazole rings is 1. The van der Waals surface area contributed by atoms with Gasteiger partial charge in [-0.05, 0) is 31.6 Å². The van der Waals surface area contributed by atoms with E-state index in [2.05, 4.69) is 14.9 Å². The van der Waals surface area contributed by atoms with Crippen LogP contribution in [0.15, 0.2) is 12.4 Å². The predicted octanol–water partition coefficient (Wildman–Crippen LogP) is 1.43. The van der Waals surface area contributed by atoms with Crippen LogP contribution in [0.1, 0.15) is 50.8 Å². The number of nitrogens with zero attached hydrogens (tertiary/aromatic N) is 3. The molecule has 0 bridgehead atoms. The molecule has 7 heteroatoms. The molecule has 0 aromatic carbocycles. The molecule has 2 aliphatic heterocycles. The zero-order chi connectivity index (χ0) is 18.4. The van der Waals surface area contributed by atoms with Gasteiger partial charge in [0.1, 0.15) is 11.4 Å². The average Bonchev–Trinajstić information content (AvgIpc) is 3.33. The molecule has 0 unspecified atom stereocenters. The van der Waals surface area contributed by atoms with Crippen molar-refractivity contribution in [1.29, 1.82) is 0 Å². The highest BCUT2D eigenvalue weighted by Crippen LogP contribution is 2.41. The number of rotatable bonds is 4. The molecule has 2 saturated carbocycles. The average molecular weight is 372 g/mol. The second-order valence-corrected chi connectivity index (χ2v) is 8.65. The first-order valence-corrected chi connectivity index (χ1v) is 10.4. The van der Waals surface area contributed by atoms with Gasteiger partial charge < -0.3 is 19.5 Å². The molecular weight excluding hydrogens is 344 g/mol. The summed E-state index contributed by atoms with van der Waals surface area (Å²) < 4.78 is 8.47. The van der Waals surface area contributed by atoms with Gasteiger partial charge in [0, 0.05) is 50.8 Å². The molecule has 27 heavy (non-hydrogen) atoms. The summed E-state index contributed by atoms with van der Waals surface area (Å²) in [5.74, 6) is 2.07. The number of hydrogen-bond acceptors (Lipinski definition) is 4. The molecule has 7 nitrogen and oxygen atoms in total. The summed E-state index contributed by atoms with van der Waals surface area (Å²) in [6.07, 6.45) is 10.3. The highest BCUT2D eigenvalue weighted by molar-refractivity contribution is 5.81. The molecule has 2 aliphatic carbocycles. The van der Waals surface area contributed by atoms with E-state index in [1.807, 2.05) is 11.1 Å². The first kappa shape index (κ1) is 17.2. The van der Waals surface area contributed by atoms with E-state index < -0.39 is 11.7 Å². The number of piperidine rings is 1. The number of carbonyl (C=O) groups excluding carboxylic acids is 2. The maximum Gasteiger partial charge on any atom is 0.251 e. The Bertz CT molecular complexity index is 729. The number of hydrogen-bond donors (Lipinski definition) is 1. The minimum Gasteiger partial charge on any atom is -0.354 e. The standard InChI is InChI=1S/C20H28N4O3/c25-17(22-12-14-4-5-14)16-13-24-11-8-21-19(24)20(27-16)6-9-23(10-7-20)18(26)15-2-1-3-15/h8,11,14-16H,1-7,9-10,12-13H2,(H,22,25)/t16-/m1/s1. The molecule has 1 saturated heterocycles. The monoisotopic (exact) mass is 372 g/mol. The fraction of sp³-hybridized carbons (Fsp3) is 0.750. The molecule has 1 N–H and O–H groups in total. The lowest BCUT2D eigenvalue weighted by Crippen LogP contribution is -2.55. The molecule has 1 spiro atoms. The lowest BCUT2D eigenvalue weighted by molar-refractivity contribution is -0.177. The van der Waals surface area contributed by atoms with Gasteiger partial charge >= 0.3 is 0 Å². The highest BCUT2D eigenvalue weighted by atomic mass is 16.5. The minimum absolute atomic E-state index is 0.0198. The molecule has 1 aromatic heterocycles. The van der Waals surface area contributed by atoms with Crippen LogP contribution < -0.4 is 5.32 Å². The molecule has 0 radical (unpaired) electrons. The summed E-state index contributed by atoms with van der Waals surface area (Å²) in [4.78, 5) is 31.8. The summed E-state index contributed by atoms with van der Waals surface area (Å²) in [6.45, 7) is 2.63. The van der Waals surface area contributed by atoms with E-state index in [9.17, 15) is 9.59 Å². The first-order chi connectivity index (χ1) is 13.1. The molecule has 1 atom stereocenters. The molecule has 3 fully saturated rings. The lowest BCUT2D eigenvalue weighted by atomic mass is 9.82. The summed E-state index contributed by atoms with van der Waals surface area (Å²) in [6, 6.07) is 0. The van der Waals surface area contributed by atoms with Gasteiger partial charge in [-0.2, -0.15) is 0 Å². The van der Waals surface area contributed by atoms with Gasteiger partial charge in [0.05, 0.1) is 6.54 Å². The molecule has 4 aliphatic rings. The van der Waals surface area contributed by atoms with Crippen LogP contribution in [-0.2, 0) is 26.5 Å². The Balaban J connectivity index is 1.29. The van der Waals surface area contributed by atoms with Crippen LogP contribution in [0.25, 0.3) is 0 Å². The number of fused-ring (bicyclic) bond motifs is 2. The van der Waals surface area contributed by atoms with Crippen LogP contribution in [0.4, 0.5) is 0 Å². The Kier molecular flexibility index (Phi) is 4.22. The van der Waals surface area contributed by atoms with Crippen molar-refractivity contribution in [3.8, 4) is 0 Å². The maximum atomic E-state index is 12.7. The summed E-state index contributed by atoms with van der Waals surface area (Å²) in [5, 5.41) is 3.05. The van der Waals surface area contributed by atoms with E-state index in [0.29, 0.717) is 44.3 Å². The second-order valence-electron chi connectivity index (χ2n) is 8.65. The number of amides is 2. The Morgan fingerprint density at radius 1 is 1.22 bits per heavy atom. The third-order valence-corrected chi connectivity index (χ3v) is 6.74. The number of ether oxygens (including phenoxy) is 1. The number of likely N-dealkylation sites (tertiary alicyclic amines) is 1. The fourth-order valence-corrected chi connectivity index (χ4v) is 4.56. The van der Waals surface area contributed by atoms with E-state index in [1.54, 1.807) is 6.20 Å². The summed E-state index contributed by atoms with van der Waals surface area (Å²) >= 11 is 0. The van der Waals surface area contributed by atoms with Crippen LogP contribution in [0.2, 0.25) is 0 Å². The normalized spacial score (nSPS) is 27.1. The SMILES string of the molecule is O=C(NCC1CC1)[C@H]1Cn2ccnc2C2(CCN(C(=O)C3CCC3)CC2)O1. The van der Waals surface area contributed by atoms with Gasteiger partial charge in [-0.1, -0.05) is 6.42 Å². The lowest BCUT2D eigenvalue weighted by Gasteiger charge is -2.46. The number of carbonyl (C=O) groups is 2. The van der Waals surface area contributed by atoms with Gasteiger partial charge in [0.25, 0.3) is 5.91 Å². The van der Waals surface area contributed by atoms with Crippen molar-refractivity contribution >= 4 is 11.8 Å². The molecule has 1 aromatic rings. The third-order valence-electron chi connectivity index (χ3n) is 6.74. The van der Waals surface area contributed by atoms with Crippen molar-refractivity contribution in [2.75, 3.05) is 19.6 Å². The third kappa shape index (κ3) is 3.16. The van der Waals surface area contributed by atoms with Crippen LogP contribution >= 0.6 is 0 Å². The van der Waals surface area contributed by atoms with Gasteiger partial charge in [-0.25, -0.2) is 4.98 Å². The van der Waals surface area contributed by atoms with E-state index in [-0.39, 0.29) is 11.8 Å². The van der Waals surface area contributed by atoms with Crippen LogP contribution in [-0.4, -0.2) is 52.0 Å². The predicted molar refractivity (Wildman–Crippen MR) is 97.7 cm³/mol. The van der Waals surface area contributed by atoms with E-state index in [1.165, 1.54) is 19.3 Å². The molecule has 2 amide bonds. The van der Waals surface area contributed by atoms with Crippen LogP contribution in [0, 0.1) is 11.8 Å². The maximum absolute atomic E-state index is 12.7. The Hall–Kier alpha value is -1.89. The van der Waals surface area contributed by atoms with E-state index >= 15 is 0 Å². The molecular formula is C20H28N4O3. The quantitative estimate of drug-likeness (QED) is 0.867. The zero-order valence-electron chi connectivity index (χ0n) is 15.7. The van der Waals surface area contributed by atoms with Crippen molar-refractivity contribution in [2.45, 2.75) is 63.2 Å². The molecule has 5 rings (SSSR count). The van der Waals surface area contributed by atoms with E-state index in [4.69, 9.17) is 4.74 Å². The number of aromatic nitrogens is 2. The largest absolute Gasteiger partial charge is 0.354 e. The van der Waals surface area contributed by atoms with Crippen molar-refractivity contribution in [3.05, 3.63) is 18.2 Å². The molecule has 146 valence electrons. The van der Waals surface area contributed by atoms with E-state index in [0.717, 1.165) is 25.2 Å². The van der Waals surface area contributed by atoms with Gasteiger partial charge in [-0.3, -0.25) is 9.59 Å². The Labute approximate surface area is 159 Å². The fourth-order valence-electron chi connectivity index (χ4n) is 4.56. The van der Waals surface area contributed by atoms with Crippen LogP contribution in [0.5, 0.6) is 0 Å². The topological polar surface area (TPSA) is 76.5 Å². The highest BCUT2D eigenvalue weighted by Gasteiger charge is 2.48. The van der Waals surface area contributed by atoms with Crippen LogP contribution in [0.3, 0.4) is 0 Å². The van der Waals surface area contributed by atoms with Crippen molar-refractivity contribution in [2.24, 2.45) is 11.8 Å². The number of nitrogens with one attached hydrogen (secondary N) is 1. The van der Waals surface area contributed by atoms with Crippen molar-refractivity contribution < 1.29 is 14.3 Å². The minimum atomic E-state index is -0.556. The van der Waals surface area contributed by atoms with Crippen molar-refractivity contribution in [1.82, 2.24) is 19.8 Å². The Morgan fingerprint density at radius 2 is 2.00 bits per heavy atom. The smallest absolute Gasteiger partial charge is 0.251 e. The molecule has 3 heterocycles. The second kappa shape index (κ2) is 6.62. The van der Waals surface area contributed by atoms with Gasteiger partial charge in [0.15, 0.2) is 6.10 Å². The van der Waals surface area contributed by atoms with Gasteiger partial charge in [-0.15, -0.1) is 0 Å². The Morgan fingerprint density at radius 3 is 2.67 bits per heavy atom. The summed E-state index contributed by atoms with van der Waals surface area (Å²) in [7, 11) is 0. The first-order valence-electron chi connectivity index (χ1n) is 10.4.